The summed E-state index contributed by atoms with van der Waals surface area (Å²) in [7, 11) is 0. The van der Waals surface area contributed by atoms with Crippen LogP contribution in [0, 0.1) is 12.8 Å². The second kappa shape index (κ2) is 8.46. The second-order valence-electron chi connectivity index (χ2n) is 6.31. The highest BCUT2D eigenvalue weighted by molar-refractivity contribution is 6.01. The van der Waals surface area contributed by atoms with Gasteiger partial charge in [0.25, 0.3) is 5.91 Å². The van der Waals surface area contributed by atoms with Crippen LogP contribution >= 0.6 is 0 Å². The molecule has 25 heavy (non-hydrogen) atoms. The number of nitrogens with zero attached hydrogens (tertiary/aromatic N) is 2. The minimum absolute atomic E-state index is 0.145. The van der Waals surface area contributed by atoms with Crippen LogP contribution in [0.3, 0.4) is 0 Å². The molecule has 1 aromatic carbocycles. The Balaban J connectivity index is 2.39. The number of anilines is 1. The number of ether oxygens (including phenoxy) is 1. The summed E-state index contributed by atoms with van der Waals surface area (Å²) < 4.78 is 5.81. The number of aromatic nitrogens is 2. The molecule has 1 aromatic heterocycles. The van der Waals surface area contributed by atoms with E-state index in [-0.39, 0.29) is 11.9 Å². The molecule has 2 aromatic rings. The molecule has 6 nitrogen and oxygen atoms in total. The van der Waals surface area contributed by atoms with Crippen molar-refractivity contribution in [2.75, 3.05) is 18.9 Å². The lowest BCUT2D eigenvalue weighted by Crippen LogP contribution is -2.25. The van der Waals surface area contributed by atoms with Gasteiger partial charge in [-0.15, -0.1) is 0 Å². The van der Waals surface area contributed by atoms with Crippen LogP contribution in [0.2, 0.25) is 0 Å². The first kappa shape index (κ1) is 18.7. The summed E-state index contributed by atoms with van der Waals surface area (Å²) in [5.74, 6) is 1.26. The van der Waals surface area contributed by atoms with Crippen LogP contribution in [-0.4, -0.2) is 29.0 Å². The summed E-state index contributed by atoms with van der Waals surface area (Å²) >= 11 is 0. The zero-order valence-corrected chi connectivity index (χ0v) is 15.3. The van der Waals surface area contributed by atoms with E-state index >= 15 is 0 Å². The summed E-state index contributed by atoms with van der Waals surface area (Å²) in [6.07, 6.45) is 0.980. The molecule has 6 heteroatoms. The van der Waals surface area contributed by atoms with Crippen LogP contribution in [0.4, 0.5) is 5.95 Å². The molecule has 3 N–H and O–H groups in total. The van der Waals surface area contributed by atoms with Crippen LogP contribution in [0.1, 0.15) is 43.2 Å². The van der Waals surface area contributed by atoms with Gasteiger partial charge in [-0.1, -0.05) is 26.0 Å². The van der Waals surface area contributed by atoms with Gasteiger partial charge in [0.05, 0.1) is 23.6 Å². The predicted molar refractivity (Wildman–Crippen MR) is 99.6 cm³/mol. The van der Waals surface area contributed by atoms with Gasteiger partial charge >= 0.3 is 0 Å². The fourth-order valence-corrected chi connectivity index (χ4v) is 2.47. The van der Waals surface area contributed by atoms with E-state index in [9.17, 15) is 4.79 Å². The minimum atomic E-state index is -0.207. The van der Waals surface area contributed by atoms with Crippen LogP contribution in [0.15, 0.2) is 24.3 Å². The molecule has 0 atom stereocenters. The van der Waals surface area contributed by atoms with Crippen LogP contribution in [0.25, 0.3) is 11.3 Å². The van der Waals surface area contributed by atoms with E-state index < -0.39 is 0 Å². The number of rotatable bonds is 7. The first-order chi connectivity index (χ1) is 11.9. The molecule has 134 valence electrons. The maximum Gasteiger partial charge on any atom is 0.255 e. The fourth-order valence-electron chi connectivity index (χ4n) is 2.47. The lowest BCUT2D eigenvalue weighted by Gasteiger charge is -2.13. The van der Waals surface area contributed by atoms with E-state index in [1.54, 1.807) is 6.92 Å². The topological polar surface area (TPSA) is 90.1 Å². The molecule has 0 saturated carbocycles. The molecule has 0 aliphatic carbocycles. The van der Waals surface area contributed by atoms with Gasteiger partial charge in [0.1, 0.15) is 5.75 Å². The Morgan fingerprint density at radius 1 is 1.32 bits per heavy atom. The van der Waals surface area contributed by atoms with Crippen molar-refractivity contribution in [3.05, 3.63) is 35.5 Å². The molecule has 1 amide bonds. The van der Waals surface area contributed by atoms with E-state index in [2.05, 4.69) is 29.1 Å². The smallest absolute Gasteiger partial charge is 0.255 e. The number of nitrogens with two attached hydrogens (primary N) is 1. The molecule has 0 unspecified atom stereocenters. The number of hydrogen-bond donors (Lipinski definition) is 2. The SMILES string of the molecule is CCNC(=O)c1c(C)nc(N)nc1-c1cccc(OCCC(C)C)c1. The average molecular weight is 342 g/mol. The Labute approximate surface area is 148 Å². The number of amides is 1. The Bertz CT molecular complexity index is 744. The van der Waals surface area contributed by atoms with Gasteiger partial charge in [-0.25, -0.2) is 9.97 Å². The van der Waals surface area contributed by atoms with Crippen molar-refractivity contribution in [3.8, 4) is 17.0 Å². The number of carbonyl (C=O) groups excluding carboxylic acids is 1. The number of hydrogen-bond acceptors (Lipinski definition) is 5. The lowest BCUT2D eigenvalue weighted by atomic mass is 10.0. The number of aryl methyl sites for hydroxylation is 1. The highest BCUT2D eigenvalue weighted by Gasteiger charge is 2.19. The van der Waals surface area contributed by atoms with Crippen LogP contribution in [-0.2, 0) is 0 Å². The largest absolute Gasteiger partial charge is 0.494 e. The highest BCUT2D eigenvalue weighted by Crippen LogP contribution is 2.27. The van der Waals surface area contributed by atoms with Crippen molar-refractivity contribution in [2.45, 2.75) is 34.1 Å². The van der Waals surface area contributed by atoms with Gasteiger partial charge in [-0.05, 0) is 38.3 Å². The van der Waals surface area contributed by atoms with E-state index in [1.807, 2.05) is 31.2 Å². The van der Waals surface area contributed by atoms with Crippen molar-refractivity contribution in [2.24, 2.45) is 5.92 Å². The summed E-state index contributed by atoms with van der Waals surface area (Å²) in [5, 5.41) is 2.80. The average Bonchev–Trinajstić information content (AvgIpc) is 2.54. The maximum absolute atomic E-state index is 12.4. The Hall–Kier alpha value is -2.63. The number of benzene rings is 1. The molecule has 0 saturated heterocycles. The molecular weight excluding hydrogens is 316 g/mol. The maximum atomic E-state index is 12.4. The zero-order chi connectivity index (χ0) is 18.4. The van der Waals surface area contributed by atoms with Crippen molar-refractivity contribution in [1.82, 2.24) is 15.3 Å². The molecule has 0 bridgehead atoms. The second-order valence-corrected chi connectivity index (χ2v) is 6.31. The van der Waals surface area contributed by atoms with Crippen molar-refractivity contribution < 1.29 is 9.53 Å². The lowest BCUT2D eigenvalue weighted by molar-refractivity contribution is 0.0955. The minimum Gasteiger partial charge on any atom is -0.494 e. The van der Waals surface area contributed by atoms with Crippen molar-refractivity contribution in [3.63, 3.8) is 0 Å². The van der Waals surface area contributed by atoms with E-state index in [4.69, 9.17) is 10.5 Å². The van der Waals surface area contributed by atoms with Crippen LogP contribution in [0.5, 0.6) is 5.75 Å². The summed E-state index contributed by atoms with van der Waals surface area (Å²) in [4.78, 5) is 20.9. The third-order valence-corrected chi connectivity index (χ3v) is 3.74. The first-order valence-electron chi connectivity index (χ1n) is 8.58. The first-order valence-corrected chi connectivity index (χ1v) is 8.58. The van der Waals surface area contributed by atoms with Crippen LogP contribution < -0.4 is 15.8 Å². The van der Waals surface area contributed by atoms with E-state index in [1.165, 1.54) is 0 Å². The summed E-state index contributed by atoms with van der Waals surface area (Å²) in [5.41, 5.74) is 8.10. The molecule has 2 rings (SSSR count). The standard InChI is InChI=1S/C19H26N4O2/c1-5-21-18(24)16-13(4)22-19(20)23-17(16)14-7-6-8-15(11-14)25-10-9-12(2)3/h6-8,11-12H,5,9-10H2,1-4H3,(H,21,24)(H2,20,22,23). The molecule has 0 aliphatic heterocycles. The summed E-state index contributed by atoms with van der Waals surface area (Å²) in [6.45, 7) is 9.12. The predicted octanol–water partition coefficient (Wildman–Crippen LogP) is 3.21. The molecule has 0 radical (unpaired) electrons. The van der Waals surface area contributed by atoms with Gasteiger partial charge in [0.2, 0.25) is 5.95 Å². The summed E-state index contributed by atoms with van der Waals surface area (Å²) in [6, 6.07) is 7.55. The van der Waals surface area contributed by atoms with E-state index in [0.717, 1.165) is 17.7 Å². The number of nitrogens with one attached hydrogen (secondary N) is 1. The Morgan fingerprint density at radius 3 is 2.76 bits per heavy atom. The Morgan fingerprint density at radius 2 is 2.08 bits per heavy atom. The molecule has 0 spiro atoms. The third-order valence-electron chi connectivity index (χ3n) is 3.74. The number of nitrogen functional groups attached to an aromatic ring is 1. The third kappa shape index (κ3) is 4.92. The van der Waals surface area contributed by atoms with Gasteiger partial charge in [-0.2, -0.15) is 0 Å². The highest BCUT2D eigenvalue weighted by atomic mass is 16.5. The van der Waals surface area contributed by atoms with Gasteiger partial charge < -0.3 is 15.8 Å². The number of carbonyl (C=O) groups is 1. The van der Waals surface area contributed by atoms with Gasteiger partial charge in [0, 0.05) is 12.1 Å². The van der Waals surface area contributed by atoms with Crippen molar-refractivity contribution >= 4 is 11.9 Å². The normalized spacial score (nSPS) is 10.8. The molecule has 0 aliphatic rings. The van der Waals surface area contributed by atoms with Crippen molar-refractivity contribution in [1.29, 1.82) is 0 Å². The quantitative estimate of drug-likeness (QED) is 0.806. The van der Waals surface area contributed by atoms with E-state index in [0.29, 0.717) is 36.0 Å². The molecule has 0 fully saturated rings. The zero-order valence-electron chi connectivity index (χ0n) is 15.3. The Kier molecular flexibility index (Phi) is 6.33. The molecular formula is C19H26N4O2. The molecule has 1 heterocycles. The van der Waals surface area contributed by atoms with Gasteiger partial charge in [-0.3, -0.25) is 4.79 Å². The monoisotopic (exact) mass is 342 g/mol. The fraction of sp³-hybridized carbons (Fsp3) is 0.421. The van der Waals surface area contributed by atoms with Gasteiger partial charge in [0.15, 0.2) is 0 Å².